The molecule has 0 radical (unpaired) electrons. The van der Waals surface area contributed by atoms with E-state index in [1.165, 1.54) is 0 Å². The van der Waals surface area contributed by atoms with Gasteiger partial charge in [0, 0.05) is 24.4 Å². The highest BCUT2D eigenvalue weighted by Crippen LogP contribution is 2.59. The highest BCUT2D eigenvalue weighted by Gasteiger charge is 2.57. The standard InChI is InChI=1S/C10H12Cl2N2/c1-10(2)8(9(10)13)7-5(11)3-14-4-6(7)12/h3-4,8-9H,13H2,1-2H3/t8-,9-/m1/s1. The Morgan fingerprint density at radius 2 is 1.71 bits per heavy atom. The molecular weight excluding hydrogens is 219 g/mol. The van der Waals surface area contributed by atoms with Crippen LogP contribution in [0.4, 0.5) is 0 Å². The van der Waals surface area contributed by atoms with Gasteiger partial charge in [-0.3, -0.25) is 4.98 Å². The average molecular weight is 231 g/mol. The molecule has 1 fully saturated rings. The molecule has 0 amide bonds. The Bertz CT molecular complexity index is 356. The molecule has 14 heavy (non-hydrogen) atoms. The third kappa shape index (κ3) is 1.33. The molecule has 2 nitrogen and oxygen atoms in total. The van der Waals surface area contributed by atoms with E-state index in [1.54, 1.807) is 12.4 Å². The van der Waals surface area contributed by atoms with Gasteiger partial charge in [-0.2, -0.15) is 0 Å². The van der Waals surface area contributed by atoms with E-state index in [0.717, 1.165) is 5.56 Å². The SMILES string of the molecule is CC1(C)[C@H](N)[C@H]1c1c(Cl)cncc1Cl. The maximum Gasteiger partial charge on any atom is 0.0639 e. The van der Waals surface area contributed by atoms with Crippen LogP contribution in [-0.4, -0.2) is 11.0 Å². The molecule has 0 aliphatic heterocycles. The zero-order valence-electron chi connectivity index (χ0n) is 8.09. The van der Waals surface area contributed by atoms with Crippen LogP contribution in [0.1, 0.15) is 25.3 Å². The van der Waals surface area contributed by atoms with Crippen molar-refractivity contribution in [3.05, 3.63) is 28.0 Å². The first-order chi connectivity index (χ1) is 6.46. The predicted octanol–water partition coefficient (Wildman–Crippen LogP) is 2.84. The van der Waals surface area contributed by atoms with E-state index in [4.69, 9.17) is 28.9 Å². The number of pyridine rings is 1. The molecule has 1 saturated carbocycles. The molecule has 1 aromatic heterocycles. The molecule has 0 unspecified atom stereocenters. The van der Waals surface area contributed by atoms with Crippen molar-refractivity contribution in [3.63, 3.8) is 0 Å². The fourth-order valence-corrected chi connectivity index (χ4v) is 2.55. The Labute approximate surface area is 93.4 Å². The summed E-state index contributed by atoms with van der Waals surface area (Å²) >= 11 is 12.1. The Kier molecular flexibility index (Phi) is 2.25. The Hall–Kier alpha value is -0.310. The predicted molar refractivity (Wildman–Crippen MR) is 58.8 cm³/mol. The van der Waals surface area contributed by atoms with Gasteiger partial charge in [0.05, 0.1) is 10.0 Å². The molecule has 1 aliphatic carbocycles. The zero-order valence-corrected chi connectivity index (χ0v) is 9.60. The van der Waals surface area contributed by atoms with Crippen molar-refractivity contribution in [1.82, 2.24) is 4.98 Å². The topological polar surface area (TPSA) is 38.9 Å². The van der Waals surface area contributed by atoms with Gasteiger partial charge in [0.15, 0.2) is 0 Å². The van der Waals surface area contributed by atoms with Gasteiger partial charge in [0.25, 0.3) is 0 Å². The van der Waals surface area contributed by atoms with Crippen molar-refractivity contribution in [2.75, 3.05) is 0 Å². The summed E-state index contributed by atoms with van der Waals surface area (Å²) in [5, 5.41) is 1.23. The van der Waals surface area contributed by atoms with Crippen LogP contribution in [0.5, 0.6) is 0 Å². The number of nitrogens with zero attached hydrogens (tertiary/aromatic N) is 1. The summed E-state index contributed by atoms with van der Waals surface area (Å²) in [6, 6.07) is 0.139. The smallest absolute Gasteiger partial charge is 0.0639 e. The molecule has 4 heteroatoms. The van der Waals surface area contributed by atoms with E-state index in [2.05, 4.69) is 18.8 Å². The highest BCUT2D eigenvalue weighted by molar-refractivity contribution is 6.36. The fraction of sp³-hybridized carbons (Fsp3) is 0.500. The molecule has 0 aromatic carbocycles. The second-order valence-corrected chi connectivity index (χ2v) is 5.16. The number of rotatable bonds is 1. The molecule has 76 valence electrons. The molecule has 2 N–H and O–H groups in total. The summed E-state index contributed by atoms with van der Waals surface area (Å²) in [7, 11) is 0. The van der Waals surface area contributed by atoms with Crippen molar-refractivity contribution in [2.45, 2.75) is 25.8 Å². The minimum absolute atomic E-state index is 0.0919. The van der Waals surface area contributed by atoms with Gasteiger partial charge in [0.1, 0.15) is 0 Å². The fourth-order valence-electron chi connectivity index (χ4n) is 1.95. The Morgan fingerprint density at radius 3 is 2.07 bits per heavy atom. The Morgan fingerprint density at radius 1 is 1.29 bits per heavy atom. The van der Waals surface area contributed by atoms with Crippen molar-refractivity contribution >= 4 is 23.2 Å². The first kappa shape index (κ1) is 10.2. The van der Waals surface area contributed by atoms with E-state index in [-0.39, 0.29) is 17.4 Å². The first-order valence-electron chi connectivity index (χ1n) is 4.50. The average Bonchev–Trinajstić information content (AvgIpc) is 2.54. The van der Waals surface area contributed by atoms with Crippen LogP contribution in [0.3, 0.4) is 0 Å². The van der Waals surface area contributed by atoms with Crippen LogP contribution in [-0.2, 0) is 0 Å². The van der Waals surface area contributed by atoms with Crippen LogP contribution < -0.4 is 5.73 Å². The summed E-state index contributed by atoms with van der Waals surface area (Å²) < 4.78 is 0. The lowest BCUT2D eigenvalue weighted by Crippen LogP contribution is -2.06. The number of hydrogen-bond donors (Lipinski definition) is 1. The van der Waals surface area contributed by atoms with Gasteiger partial charge in [0.2, 0.25) is 0 Å². The van der Waals surface area contributed by atoms with Crippen LogP contribution in [0.2, 0.25) is 10.0 Å². The zero-order chi connectivity index (χ0) is 10.5. The van der Waals surface area contributed by atoms with Crippen LogP contribution in [0.15, 0.2) is 12.4 Å². The molecule has 0 bridgehead atoms. The summed E-state index contributed by atoms with van der Waals surface area (Å²) in [5.41, 5.74) is 7.01. The first-order valence-corrected chi connectivity index (χ1v) is 5.26. The van der Waals surface area contributed by atoms with E-state index < -0.39 is 0 Å². The van der Waals surface area contributed by atoms with Crippen molar-refractivity contribution in [1.29, 1.82) is 0 Å². The second-order valence-electron chi connectivity index (χ2n) is 4.34. The molecule has 1 aliphatic rings. The summed E-state index contributed by atoms with van der Waals surface area (Å²) in [5.74, 6) is 0.255. The van der Waals surface area contributed by atoms with Gasteiger partial charge >= 0.3 is 0 Å². The maximum absolute atomic E-state index is 6.05. The molecular formula is C10H12Cl2N2. The van der Waals surface area contributed by atoms with Crippen molar-refractivity contribution in [2.24, 2.45) is 11.1 Å². The van der Waals surface area contributed by atoms with Crippen molar-refractivity contribution < 1.29 is 0 Å². The molecule has 1 heterocycles. The minimum atomic E-state index is 0.0919. The summed E-state index contributed by atoms with van der Waals surface area (Å²) in [4.78, 5) is 3.92. The third-order valence-electron chi connectivity index (χ3n) is 3.11. The van der Waals surface area contributed by atoms with E-state index in [0.29, 0.717) is 10.0 Å². The highest BCUT2D eigenvalue weighted by atomic mass is 35.5. The molecule has 2 atom stereocenters. The largest absolute Gasteiger partial charge is 0.327 e. The maximum atomic E-state index is 6.05. The monoisotopic (exact) mass is 230 g/mol. The van der Waals surface area contributed by atoms with Crippen LogP contribution >= 0.6 is 23.2 Å². The van der Waals surface area contributed by atoms with E-state index in [1.807, 2.05) is 0 Å². The number of halogens is 2. The lowest BCUT2D eigenvalue weighted by atomic mass is 10.0. The molecule has 0 saturated heterocycles. The van der Waals surface area contributed by atoms with Crippen LogP contribution in [0, 0.1) is 5.41 Å². The van der Waals surface area contributed by atoms with Gasteiger partial charge in [-0.05, 0) is 11.0 Å². The van der Waals surface area contributed by atoms with Gasteiger partial charge in [-0.15, -0.1) is 0 Å². The third-order valence-corrected chi connectivity index (χ3v) is 3.71. The minimum Gasteiger partial charge on any atom is -0.327 e. The molecule has 0 spiro atoms. The lowest BCUT2D eigenvalue weighted by molar-refractivity contribution is 0.599. The van der Waals surface area contributed by atoms with Crippen molar-refractivity contribution in [3.8, 4) is 0 Å². The van der Waals surface area contributed by atoms with E-state index in [9.17, 15) is 0 Å². The van der Waals surface area contributed by atoms with Gasteiger partial charge in [-0.1, -0.05) is 37.0 Å². The van der Waals surface area contributed by atoms with Gasteiger partial charge in [-0.25, -0.2) is 0 Å². The van der Waals surface area contributed by atoms with Gasteiger partial charge < -0.3 is 5.73 Å². The van der Waals surface area contributed by atoms with Crippen LogP contribution in [0.25, 0.3) is 0 Å². The molecule has 2 rings (SSSR count). The lowest BCUT2D eigenvalue weighted by Gasteiger charge is -2.06. The number of nitrogens with two attached hydrogens (primary N) is 1. The Balaban J connectivity index is 2.44. The number of aromatic nitrogens is 1. The number of hydrogen-bond acceptors (Lipinski definition) is 2. The second kappa shape index (κ2) is 3.09. The quantitative estimate of drug-likeness (QED) is 0.807. The van der Waals surface area contributed by atoms with E-state index >= 15 is 0 Å². The summed E-state index contributed by atoms with van der Waals surface area (Å²) in [6.45, 7) is 4.24. The molecule has 1 aromatic rings. The normalized spacial score (nSPS) is 28.9. The summed E-state index contributed by atoms with van der Waals surface area (Å²) in [6.07, 6.45) is 3.23.